The number of nitrogens with two attached hydrogens (primary N) is 1. The summed E-state index contributed by atoms with van der Waals surface area (Å²) < 4.78 is 0. The van der Waals surface area contributed by atoms with Crippen molar-refractivity contribution in [2.24, 2.45) is 17.6 Å². The average molecular weight is 299 g/mol. The molecule has 4 nitrogen and oxygen atoms in total. The van der Waals surface area contributed by atoms with Gasteiger partial charge in [-0.15, -0.1) is 0 Å². The number of allylic oxidation sites excluding steroid dienone is 1. The molecule has 4 heteroatoms. The van der Waals surface area contributed by atoms with Gasteiger partial charge < -0.3 is 16.4 Å². The number of rotatable bonds is 12. The van der Waals surface area contributed by atoms with Crippen LogP contribution in [0, 0.1) is 11.8 Å². The Hall–Kier alpha value is -0.420. The minimum atomic E-state index is 0.364. The smallest absolute Gasteiger partial charge is 0.0596 e. The maximum absolute atomic E-state index is 5.85. The third-order valence-corrected chi connectivity index (χ3v) is 4.12. The molecule has 0 aromatic rings. The van der Waals surface area contributed by atoms with Crippen molar-refractivity contribution in [3.8, 4) is 0 Å². The molecule has 2 unspecified atom stereocenters. The lowest BCUT2D eigenvalue weighted by Crippen LogP contribution is -2.52. The van der Waals surface area contributed by atoms with Crippen LogP contribution in [0.3, 0.4) is 0 Å². The van der Waals surface area contributed by atoms with Crippen LogP contribution in [-0.4, -0.2) is 43.4 Å². The molecule has 126 valence electrons. The van der Waals surface area contributed by atoms with Crippen LogP contribution in [0.1, 0.15) is 48.0 Å². The summed E-state index contributed by atoms with van der Waals surface area (Å²) in [4.78, 5) is 2.28. The Morgan fingerprint density at radius 3 is 2.19 bits per heavy atom. The molecule has 0 amide bonds. The molecular formula is C17H38N4. The Bertz CT molecular complexity index is 266. The highest BCUT2D eigenvalue weighted by Gasteiger charge is 2.16. The van der Waals surface area contributed by atoms with Crippen LogP contribution >= 0.6 is 0 Å². The summed E-state index contributed by atoms with van der Waals surface area (Å²) in [5.74, 6) is 1.30. The van der Waals surface area contributed by atoms with Crippen molar-refractivity contribution in [1.29, 1.82) is 0 Å². The quantitative estimate of drug-likeness (QED) is 0.382. The van der Waals surface area contributed by atoms with E-state index < -0.39 is 0 Å². The van der Waals surface area contributed by atoms with Crippen LogP contribution in [-0.2, 0) is 0 Å². The topological polar surface area (TPSA) is 53.3 Å². The maximum atomic E-state index is 5.85. The summed E-state index contributed by atoms with van der Waals surface area (Å²) in [5, 5.41) is 7.31. The van der Waals surface area contributed by atoms with Gasteiger partial charge in [-0.05, 0) is 32.2 Å². The van der Waals surface area contributed by atoms with E-state index in [1.165, 1.54) is 6.42 Å². The molecule has 0 fully saturated rings. The normalized spacial score (nSPS) is 16.8. The first kappa shape index (κ1) is 20.6. The van der Waals surface area contributed by atoms with Gasteiger partial charge in [0, 0.05) is 25.8 Å². The van der Waals surface area contributed by atoms with Crippen LogP contribution < -0.4 is 16.4 Å². The van der Waals surface area contributed by atoms with Gasteiger partial charge in [-0.25, -0.2) is 0 Å². The molecule has 0 spiro atoms. The molecule has 0 aromatic heterocycles. The lowest BCUT2D eigenvalue weighted by atomic mass is 10.1. The zero-order valence-corrected chi connectivity index (χ0v) is 15.0. The highest BCUT2D eigenvalue weighted by molar-refractivity contribution is 4.84. The Kier molecular flexibility index (Phi) is 11.9. The lowest BCUT2D eigenvalue weighted by molar-refractivity contribution is 0.211. The average Bonchev–Trinajstić information content (AvgIpc) is 2.47. The highest BCUT2D eigenvalue weighted by atomic mass is 15.2. The molecule has 0 saturated carbocycles. The predicted octanol–water partition coefficient (Wildman–Crippen LogP) is 2.38. The molecular weight excluding hydrogens is 260 g/mol. The molecule has 0 aliphatic carbocycles. The van der Waals surface area contributed by atoms with E-state index in [9.17, 15) is 0 Å². The van der Waals surface area contributed by atoms with Crippen LogP contribution in [0.25, 0.3) is 0 Å². The van der Waals surface area contributed by atoms with Crippen molar-refractivity contribution in [2.75, 3.05) is 26.3 Å². The third-order valence-electron chi connectivity index (χ3n) is 4.12. The third kappa shape index (κ3) is 9.25. The molecule has 0 saturated heterocycles. The predicted molar refractivity (Wildman–Crippen MR) is 94.1 cm³/mol. The second-order valence-electron chi connectivity index (χ2n) is 6.42. The summed E-state index contributed by atoms with van der Waals surface area (Å²) in [7, 11) is 0. The van der Waals surface area contributed by atoms with Crippen LogP contribution in [0.2, 0.25) is 0 Å². The van der Waals surface area contributed by atoms with Gasteiger partial charge in [0.05, 0.1) is 6.17 Å². The Morgan fingerprint density at radius 1 is 1.10 bits per heavy atom. The Morgan fingerprint density at radius 2 is 1.71 bits per heavy atom. The van der Waals surface area contributed by atoms with E-state index in [2.05, 4.69) is 62.3 Å². The molecule has 0 aromatic carbocycles. The molecule has 0 aliphatic rings. The number of hydrogen-bond acceptors (Lipinski definition) is 4. The number of nitrogens with one attached hydrogen (secondary N) is 2. The van der Waals surface area contributed by atoms with E-state index >= 15 is 0 Å². The summed E-state index contributed by atoms with van der Waals surface area (Å²) >= 11 is 0. The summed E-state index contributed by atoms with van der Waals surface area (Å²) in [6.07, 6.45) is 5.82. The minimum Gasteiger partial charge on any atom is -0.318 e. The second-order valence-corrected chi connectivity index (χ2v) is 6.42. The van der Waals surface area contributed by atoms with Crippen molar-refractivity contribution < 1.29 is 0 Å². The SMILES string of the molecule is C/C=C\CN(CN)C(C)CNC(NC[C@H](C)CC)C(C)C. The van der Waals surface area contributed by atoms with Crippen LogP contribution in [0.15, 0.2) is 12.2 Å². The number of hydrogen-bond donors (Lipinski definition) is 3. The Balaban J connectivity index is 4.26. The molecule has 4 N–H and O–H groups in total. The van der Waals surface area contributed by atoms with Gasteiger partial charge in [0.1, 0.15) is 0 Å². The van der Waals surface area contributed by atoms with E-state index in [1.54, 1.807) is 0 Å². The zero-order valence-electron chi connectivity index (χ0n) is 15.0. The Labute approximate surface area is 132 Å². The molecule has 21 heavy (non-hydrogen) atoms. The molecule has 0 bridgehead atoms. The van der Waals surface area contributed by atoms with Crippen molar-refractivity contribution in [3.05, 3.63) is 12.2 Å². The summed E-state index contributed by atoms with van der Waals surface area (Å²) in [6.45, 7) is 16.9. The van der Waals surface area contributed by atoms with Gasteiger partial charge in [0.15, 0.2) is 0 Å². The lowest BCUT2D eigenvalue weighted by Gasteiger charge is -2.31. The van der Waals surface area contributed by atoms with Gasteiger partial charge in [-0.2, -0.15) is 0 Å². The first-order chi connectivity index (χ1) is 9.96. The molecule has 3 atom stereocenters. The monoisotopic (exact) mass is 298 g/mol. The van der Waals surface area contributed by atoms with E-state index in [1.807, 2.05) is 6.92 Å². The fourth-order valence-corrected chi connectivity index (χ4v) is 2.12. The van der Waals surface area contributed by atoms with Gasteiger partial charge in [0.2, 0.25) is 0 Å². The number of nitrogens with zero attached hydrogens (tertiary/aromatic N) is 1. The first-order valence-electron chi connectivity index (χ1n) is 8.48. The van der Waals surface area contributed by atoms with Gasteiger partial charge in [0.25, 0.3) is 0 Å². The highest BCUT2D eigenvalue weighted by Crippen LogP contribution is 2.04. The van der Waals surface area contributed by atoms with Crippen molar-refractivity contribution in [3.63, 3.8) is 0 Å². The standard InChI is InChI=1S/C17H38N4/c1-7-9-10-21(13-18)16(6)12-20-17(14(3)4)19-11-15(5)8-2/h7,9,14-17,19-20H,8,10-13,18H2,1-6H3/b9-7-/t15-,16?,17?/m1/s1. The molecule has 0 rings (SSSR count). The van der Waals surface area contributed by atoms with E-state index in [-0.39, 0.29) is 0 Å². The minimum absolute atomic E-state index is 0.364. The fourth-order valence-electron chi connectivity index (χ4n) is 2.12. The molecule has 0 radical (unpaired) electrons. The second kappa shape index (κ2) is 12.2. The van der Waals surface area contributed by atoms with Crippen LogP contribution in [0.4, 0.5) is 0 Å². The summed E-state index contributed by atoms with van der Waals surface area (Å²) in [6, 6.07) is 0.429. The maximum Gasteiger partial charge on any atom is 0.0596 e. The molecule has 0 heterocycles. The van der Waals surface area contributed by atoms with Crippen molar-refractivity contribution in [1.82, 2.24) is 15.5 Å². The first-order valence-corrected chi connectivity index (χ1v) is 8.48. The zero-order chi connectivity index (χ0) is 16.3. The van der Waals surface area contributed by atoms with E-state index in [0.717, 1.165) is 25.6 Å². The fraction of sp³-hybridized carbons (Fsp3) is 0.882. The van der Waals surface area contributed by atoms with Crippen LogP contribution in [0.5, 0.6) is 0 Å². The van der Waals surface area contributed by atoms with Gasteiger partial charge in [-0.1, -0.05) is 46.3 Å². The van der Waals surface area contributed by atoms with E-state index in [0.29, 0.717) is 24.8 Å². The molecule has 0 aliphatic heterocycles. The summed E-state index contributed by atoms with van der Waals surface area (Å²) in [5.41, 5.74) is 5.85. The van der Waals surface area contributed by atoms with E-state index in [4.69, 9.17) is 5.73 Å². The largest absolute Gasteiger partial charge is 0.318 e. The van der Waals surface area contributed by atoms with Gasteiger partial charge >= 0.3 is 0 Å². The van der Waals surface area contributed by atoms with Gasteiger partial charge in [-0.3, -0.25) is 4.90 Å². The van der Waals surface area contributed by atoms with Crippen molar-refractivity contribution in [2.45, 2.75) is 60.2 Å². The van der Waals surface area contributed by atoms with Crippen molar-refractivity contribution >= 4 is 0 Å².